The Labute approximate surface area is 140 Å². The monoisotopic (exact) mass is 349 g/mol. The Morgan fingerprint density at radius 1 is 1.12 bits per heavy atom. The maximum absolute atomic E-state index is 12.8. The summed E-state index contributed by atoms with van der Waals surface area (Å²) in [4.78, 5) is 12.4. The van der Waals surface area contributed by atoms with Crippen LogP contribution in [-0.4, -0.2) is 19.8 Å². The van der Waals surface area contributed by atoms with Crippen molar-refractivity contribution in [2.45, 2.75) is 19.6 Å². The van der Waals surface area contributed by atoms with Crippen LogP contribution in [0.1, 0.15) is 16.7 Å². The van der Waals surface area contributed by atoms with Crippen LogP contribution in [0.3, 0.4) is 0 Å². The van der Waals surface area contributed by atoms with Crippen molar-refractivity contribution in [1.82, 2.24) is 19.8 Å². The van der Waals surface area contributed by atoms with Crippen molar-refractivity contribution in [3.63, 3.8) is 0 Å². The van der Waals surface area contributed by atoms with E-state index in [0.717, 1.165) is 32.6 Å². The van der Waals surface area contributed by atoms with E-state index < -0.39 is 17.4 Å². The largest absolute Gasteiger partial charge is 0.416 e. The van der Waals surface area contributed by atoms with Crippen LogP contribution in [0.25, 0.3) is 5.69 Å². The molecule has 0 atom stereocenters. The predicted molar refractivity (Wildman–Crippen MR) is 85.3 cm³/mol. The van der Waals surface area contributed by atoms with Crippen LogP contribution in [0.5, 0.6) is 0 Å². The number of alkyl halides is 3. The van der Waals surface area contributed by atoms with Gasteiger partial charge in [-0.3, -0.25) is 0 Å². The molecular formula is C16H14F3N5O. The number of halogens is 3. The smallest absolute Gasteiger partial charge is 0.399 e. The standard InChI is InChI=1S/C16H14F3N5O/c1-10-7-11(5-6-14(10)20)9-23-15(25)24(22-21-23)13-4-2-3-12(8-13)16(17,18)19/h2-8H,9,20H2,1H3. The molecule has 0 fully saturated rings. The van der Waals surface area contributed by atoms with Crippen molar-refractivity contribution >= 4 is 5.69 Å². The van der Waals surface area contributed by atoms with E-state index in [2.05, 4.69) is 10.4 Å². The number of nitrogens with two attached hydrogens (primary N) is 1. The van der Waals surface area contributed by atoms with Gasteiger partial charge in [0.05, 0.1) is 17.8 Å². The molecule has 0 bridgehead atoms. The van der Waals surface area contributed by atoms with E-state index in [4.69, 9.17) is 5.73 Å². The molecule has 0 spiro atoms. The lowest BCUT2D eigenvalue weighted by Crippen LogP contribution is -2.25. The van der Waals surface area contributed by atoms with Crippen molar-refractivity contribution < 1.29 is 13.2 Å². The van der Waals surface area contributed by atoms with E-state index in [9.17, 15) is 18.0 Å². The molecule has 1 aromatic heterocycles. The van der Waals surface area contributed by atoms with Gasteiger partial charge in [-0.2, -0.15) is 22.5 Å². The Morgan fingerprint density at radius 2 is 1.88 bits per heavy atom. The molecular weight excluding hydrogens is 335 g/mol. The number of nitrogens with zero attached hydrogens (tertiary/aromatic N) is 4. The van der Waals surface area contributed by atoms with Crippen LogP contribution in [0, 0.1) is 6.92 Å². The fraction of sp³-hybridized carbons (Fsp3) is 0.188. The van der Waals surface area contributed by atoms with Crippen molar-refractivity contribution in [1.29, 1.82) is 0 Å². The molecule has 0 aliphatic heterocycles. The van der Waals surface area contributed by atoms with Gasteiger partial charge in [-0.1, -0.05) is 18.2 Å². The quantitative estimate of drug-likeness (QED) is 0.737. The van der Waals surface area contributed by atoms with Gasteiger partial charge in [0.25, 0.3) is 0 Å². The Morgan fingerprint density at radius 3 is 2.56 bits per heavy atom. The lowest BCUT2D eigenvalue weighted by Gasteiger charge is -2.07. The molecule has 2 aromatic carbocycles. The number of nitrogen functional groups attached to an aromatic ring is 1. The first kappa shape index (κ1) is 16.7. The van der Waals surface area contributed by atoms with Crippen molar-refractivity contribution in [2.75, 3.05) is 5.73 Å². The molecule has 130 valence electrons. The molecule has 9 heteroatoms. The molecule has 6 nitrogen and oxygen atoms in total. The highest BCUT2D eigenvalue weighted by Crippen LogP contribution is 2.29. The molecule has 0 unspecified atom stereocenters. The van der Waals surface area contributed by atoms with Gasteiger partial charge >= 0.3 is 11.9 Å². The molecule has 1 heterocycles. The number of aromatic nitrogens is 4. The van der Waals surface area contributed by atoms with Crippen molar-refractivity contribution in [3.05, 3.63) is 69.6 Å². The number of rotatable bonds is 3. The average Bonchev–Trinajstić information content (AvgIpc) is 2.91. The van der Waals surface area contributed by atoms with Gasteiger partial charge < -0.3 is 5.73 Å². The fourth-order valence-corrected chi connectivity index (χ4v) is 2.36. The van der Waals surface area contributed by atoms with E-state index in [1.54, 1.807) is 12.1 Å². The van der Waals surface area contributed by atoms with Crippen LogP contribution in [0.2, 0.25) is 0 Å². The van der Waals surface area contributed by atoms with Gasteiger partial charge in [-0.25, -0.2) is 4.79 Å². The first-order chi connectivity index (χ1) is 11.8. The topological polar surface area (TPSA) is 78.7 Å². The Hall–Kier alpha value is -3.10. The van der Waals surface area contributed by atoms with Crippen LogP contribution in [0.15, 0.2) is 47.3 Å². The third-order valence-electron chi connectivity index (χ3n) is 3.72. The number of tetrazole rings is 1. The summed E-state index contributed by atoms with van der Waals surface area (Å²) in [7, 11) is 0. The maximum Gasteiger partial charge on any atom is 0.416 e. The molecule has 3 rings (SSSR count). The first-order valence-electron chi connectivity index (χ1n) is 7.31. The SMILES string of the molecule is Cc1cc(Cn2nnn(-c3cccc(C(F)(F)F)c3)c2=O)ccc1N. The summed E-state index contributed by atoms with van der Waals surface area (Å²) in [6, 6.07) is 9.63. The Kier molecular flexibility index (Phi) is 4.07. The summed E-state index contributed by atoms with van der Waals surface area (Å²) in [5.74, 6) is 0. The molecule has 0 saturated carbocycles. The zero-order valence-electron chi connectivity index (χ0n) is 13.2. The Balaban J connectivity index is 1.94. The number of anilines is 1. The second-order valence-corrected chi connectivity index (χ2v) is 5.57. The van der Waals surface area contributed by atoms with Crippen LogP contribution in [0.4, 0.5) is 18.9 Å². The molecule has 0 aliphatic carbocycles. The fourth-order valence-electron chi connectivity index (χ4n) is 2.36. The molecule has 2 N–H and O–H groups in total. The van der Waals surface area contributed by atoms with E-state index in [0.29, 0.717) is 5.69 Å². The van der Waals surface area contributed by atoms with Gasteiger partial charge in [-0.05, 0) is 52.7 Å². The van der Waals surface area contributed by atoms with Gasteiger partial charge in [0.1, 0.15) is 0 Å². The third kappa shape index (κ3) is 3.39. The van der Waals surface area contributed by atoms with Crippen LogP contribution in [-0.2, 0) is 12.7 Å². The first-order valence-corrected chi connectivity index (χ1v) is 7.31. The minimum atomic E-state index is -4.50. The van der Waals surface area contributed by atoms with Crippen LogP contribution < -0.4 is 11.4 Å². The molecule has 3 aromatic rings. The second kappa shape index (κ2) is 6.08. The highest BCUT2D eigenvalue weighted by Gasteiger charge is 2.30. The third-order valence-corrected chi connectivity index (χ3v) is 3.72. The van der Waals surface area contributed by atoms with Gasteiger partial charge in [0.2, 0.25) is 0 Å². The van der Waals surface area contributed by atoms with E-state index in [-0.39, 0.29) is 12.2 Å². The highest BCUT2D eigenvalue weighted by molar-refractivity contribution is 5.47. The van der Waals surface area contributed by atoms with Crippen LogP contribution >= 0.6 is 0 Å². The van der Waals surface area contributed by atoms with E-state index in [1.807, 2.05) is 13.0 Å². The van der Waals surface area contributed by atoms with E-state index in [1.165, 1.54) is 12.1 Å². The van der Waals surface area contributed by atoms with Gasteiger partial charge in [0.15, 0.2) is 0 Å². The molecule has 0 saturated heterocycles. The summed E-state index contributed by atoms with van der Waals surface area (Å²) in [5, 5.41) is 7.41. The normalized spacial score (nSPS) is 11.7. The van der Waals surface area contributed by atoms with Gasteiger partial charge in [-0.15, -0.1) is 0 Å². The molecule has 0 aliphatic rings. The maximum atomic E-state index is 12.8. The van der Waals surface area contributed by atoms with E-state index >= 15 is 0 Å². The number of aryl methyl sites for hydroxylation is 1. The summed E-state index contributed by atoms with van der Waals surface area (Å²) < 4.78 is 40.3. The number of hydrogen-bond donors (Lipinski definition) is 1. The summed E-state index contributed by atoms with van der Waals surface area (Å²) in [6.07, 6.45) is -4.50. The zero-order chi connectivity index (χ0) is 18.2. The number of benzene rings is 2. The Bertz CT molecular complexity index is 974. The number of hydrogen-bond acceptors (Lipinski definition) is 4. The van der Waals surface area contributed by atoms with Gasteiger partial charge in [0, 0.05) is 5.69 Å². The summed E-state index contributed by atoms with van der Waals surface area (Å²) in [5.41, 5.74) is 6.53. The lowest BCUT2D eigenvalue weighted by molar-refractivity contribution is -0.137. The zero-order valence-corrected chi connectivity index (χ0v) is 13.2. The lowest BCUT2D eigenvalue weighted by atomic mass is 10.1. The molecule has 25 heavy (non-hydrogen) atoms. The summed E-state index contributed by atoms with van der Waals surface area (Å²) in [6.45, 7) is 1.97. The second-order valence-electron chi connectivity index (χ2n) is 5.57. The minimum Gasteiger partial charge on any atom is -0.399 e. The van der Waals surface area contributed by atoms with Crippen molar-refractivity contribution in [2.24, 2.45) is 0 Å². The van der Waals surface area contributed by atoms with Crippen molar-refractivity contribution in [3.8, 4) is 5.69 Å². The highest BCUT2D eigenvalue weighted by atomic mass is 19.4. The predicted octanol–water partition coefficient (Wildman–Crippen LogP) is 2.39. The molecule has 0 radical (unpaired) electrons. The molecule has 0 amide bonds. The summed E-state index contributed by atoms with van der Waals surface area (Å²) >= 11 is 0. The average molecular weight is 349 g/mol. The minimum absolute atomic E-state index is 0.000406.